The maximum absolute atomic E-state index is 12.8. The summed E-state index contributed by atoms with van der Waals surface area (Å²) in [6.07, 6.45) is 1.55. The van der Waals surface area contributed by atoms with E-state index >= 15 is 0 Å². The summed E-state index contributed by atoms with van der Waals surface area (Å²) in [5, 5.41) is 10.5. The Kier molecular flexibility index (Phi) is 2.83. The molecule has 3 nitrogen and oxygen atoms in total. The predicted octanol–water partition coefficient (Wildman–Crippen LogP) is 3.86. The van der Waals surface area contributed by atoms with Crippen LogP contribution in [0.2, 0.25) is 0 Å². The van der Waals surface area contributed by atoms with Crippen LogP contribution in [0.25, 0.3) is 11.0 Å². The molecule has 3 rings (SSSR count). The van der Waals surface area contributed by atoms with Crippen LogP contribution in [0.1, 0.15) is 5.56 Å². The van der Waals surface area contributed by atoms with Gasteiger partial charge in [-0.3, -0.25) is 0 Å². The SMILES string of the molecule is Oc1cccc2occ(COc3ccc(F)cc3)c12. The van der Waals surface area contributed by atoms with Gasteiger partial charge in [0.05, 0.1) is 11.6 Å². The summed E-state index contributed by atoms with van der Waals surface area (Å²) in [5.74, 6) is 0.411. The highest BCUT2D eigenvalue weighted by molar-refractivity contribution is 5.87. The Bertz CT molecular complexity index is 701. The number of hydrogen-bond acceptors (Lipinski definition) is 3. The minimum atomic E-state index is -0.307. The molecule has 0 saturated carbocycles. The number of aromatic hydroxyl groups is 1. The Morgan fingerprint density at radius 3 is 2.68 bits per heavy atom. The highest BCUT2D eigenvalue weighted by Crippen LogP contribution is 2.30. The lowest BCUT2D eigenvalue weighted by molar-refractivity contribution is 0.305. The predicted molar refractivity (Wildman–Crippen MR) is 68.6 cm³/mol. The average Bonchev–Trinajstić information content (AvgIpc) is 2.83. The van der Waals surface area contributed by atoms with E-state index in [0.29, 0.717) is 16.7 Å². The number of phenols is 1. The number of furan rings is 1. The van der Waals surface area contributed by atoms with Gasteiger partial charge >= 0.3 is 0 Å². The monoisotopic (exact) mass is 258 g/mol. The fourth-order valence-electron chi connectivity index (χ4n) is 1.93. The topological polar surface area (TPSA) is 42.6 Å². The summed E-state index contributed by atoms with van der Waals surface area (Å²) < 4.78 is 23.6. The normalized spacial score (nSPS) is 10.8. The van der Waals surface area contributed by atoms with E-state index in [-0.39, 0.29) is 18.2 Å². The summed E-state index contributed by atoms with van der Waals surface area (Å²) in [7, 11) is 0. The molecule has 1 heterocycles. The Morgan fingerprint density at radius 1 is 1.11 bits per heavy atom. The molecule has 0 aliphatic rings. The Labute approximate surface area is 108 Å². The number of fused-ring (bicyclic) bond motifs is 1. The molecule has 0 atom stereocenters. The molecule has 0 aliphatic heterocycles. The number of rotatable bonds is 3. The second kappa shape index (κ2) is 4.65. The van der Waals surface area contributed by atoms with Crippen LogP contribution >= 0.6 is 0 Å². The fourth-order valence-corrected chi connectivity index (χ4v) is 1.93. The molecular formula is C15H11FO3. The first kappa shape index (κ1) is 11.6. The smallest absolute Gasteiger partial charge is 0.138 e. The van der Waals surface area contributed by atoms with E-state index < -0.39 is 0 Å². The lowest BCUT2D eigenvalue weighted by Crippen LogP contribution is -1.94. The molecule has 0 aliphatic carbocycles. The Balaban J connectivity index is 1.84. The van der Waals surface area contributed by atoms with Crippen molar-refractivity contribution >= 4 is 11.0 Å². The molecule has 0 amide bonds. The Morgan fingerprint density at radius 2 is 1.89 bits per heavy atom. The van der Waals surface area contributed by atoms with Crippen molar-refractivity contribution in [2.75, 3.05) is 0 Å². The molecule has 0 radical (unpaired) electrons. The zero-order valence-corrected chi connectivity index (χ0v) is 9.97. The second-order valence-corrected chi connectivity index (χ2v) is 4.15. The van der Waals surface area contributed by atoms with Gasteiger partial charge in [-0.15, -0.1) is 0 Å². The van der Waals surface area contributed by atoms with Gasteiger partial charge in [0.2, 0.25) is 0 Å². The molecule has 2 aromatic carbocycles. The number of hydrogen-bond donors (Lipinski definition) is 1. The maximum atomic E-state index is 12.8. The van der Waals surface area contributed by atoms with Gasteiger partial charge in [-0.25, -0.2) is 4.39 Å². The van der Waals surface area contributed by atoms with E-state index in [1.54, 1.807) is 36.6 Å². The van der Waals surface area contributed by atoms with Crippen LogP contribution in [0, 0.1) is 5.82 Å². The summed E-state index contributed by atoms with van der Waals surface area (Å²) in [6, 6.07) is 10.9. The van der Waals surface area contributed by atoms with Gasteiger partial charge in [0.15, 0.2) is 0 Å². The van der Waals surface area contributed by atoms with Crippen LogP contribution in [0.3, 0.4) is 0 Å². The van der Waals surface area contributed by atoms with Crippen LogP contribution in [0.15, 0.2) is 53.1 Å². The van der Waals surface area contributed by atoms with Crippen LogP contribution < -0.4 is 4.74 Å². The number of benzene rings is 2. The minimum Gasteiger partial charge on any atom is -0.507 e. The molecule has 0 saturated heterocycles. The molecular weight excluding hydrogens is 247 g/mol. The Hall–Kier alpha value is -2.49. The average molecular weight is 258 g/mol. The molecule has 0 fully saturated rings. The van der Waals surface area contributed by atoms with Gasteiger partial charge in [-0.1, -0.05) is 6.07 Å². The van der Waals surface area contributed by atoms with Crippen LogP contribution in [0.4, 0.5) is 4.39 Å². The van der Waals surface area contributed by atoms with Crippen molar-refractivity contribution in [1.82, 2.24) is 0 Å². The van der Waals surface area contributed by atoms with Crippen molar-refractivity contribution in [3.05, 3.63) is 60.1 Å². The summed E-state index contributed by atoms with van der Waals surface area (Å²) in [5.41, 5.74) is 1.36. The standard InChI is InChI=1S/C15H11FO3/c16-11-4-6-12(7-5-11)18-8-10-9-19-14-3-1-2-13(17)15(10)14/h1-7,9,17H,8H2. The number of halogens is 1. The minimum absolute atomic E-state index is 0.156. The second-order valence-electron chi connectivity index (χ2n) is 4.15. The van der Waals surface area contributed by atoms with Gasteiger partial charge < -0.3 is 14.3 Å². The highest BCUT2D eigenvalue weighted by Gasteiger charge is 2.10. The molecule has 19 heavy (non-hydrogen) atoms. The van der Waals surface area contributed by atoms with Crippen LogP contribution in [-0.2, 0) is 6.61 Å². The van der Waals surface area contributed by atoms with Gasteiger partial charge in [0.1, 0.15) is 29.5 Å². The summed E-state index contributed by atoms with van der Waals surface area (Å²) in [6.45, 7) is 0.246. The van der Waals surface area contributed by atoms with E-state index in [4.69, 9.17) is 9.15 Å². The van der Waals surface area contributed by atoms with Gasteiger partial charge in [-0.2, -0.15) is 0 Å². The van der Waals surface area contributed by atoms with Crippen LogP contribution in [0.5, 0.6) is 11.5 Å². The first-order valence-electron chi connectivity index (χ1n) is 5.80. The molecule has 0 spiro atoms. The molecule has 0 bridgehead atoms. The molecule has 96 valence electrons. The largest absolute Gasteiger partial charge is 0.507 e. The van der Waals surface area contributed by atoms with E-state index in [1.807, 2.05) is 0 Å². The van der Waals surface area contributed by atoms with E-state index in [2.05, 4.69) is 0 Å². The lowest BCUT2D eigenvalue weighted by Gasteiger charge is -2.05. The van der Waals surface area contributed by atoms with Gasteiger partial charge in [-0.05, 0) is 36.4 Å². The van der Waals surface area contributed by atoms with Crippen molar-refractivity contribution in [1.29, 1.82) is 0 Å². The molecule has 1 aromatic heterocycles. The zero-order chi connectivity index (χ0) is 13.2. The third-order valence-electron chi connectivity index (χ3n) is 2.86. The molecule has 1 N–H and O–H groups in total. The number of ether oxygens (including phenoxy) is 1. The molecule has 4 heteroatoms. The third-order valence-corrected chi connectivity index (χ3v) is 2.86. The van der Waals surface area contributed by atoms with Crippen molar-refractivity contribution in [2.45, 2.75) is 6.61 Å². The van der Waals surface area contributed by atoms with Crippen molar-refractivity contribution < 1.29 is 18.7 Å². The molecule has 3 aromatic rings. The third kappa shape index (κ3) is 2.25. The van der Waals surface area contributed by atoms with Crippen LogP contribution in [-0.4, -0.2) is 5.11 Å². The fraction of sp³-hybridized carbons (Fsp3) is 0.0667. The first-order chi connectivity index (χ1) is 9.24. The maximum Gasteiger partial charge on any atom is 0.138 e. The molecule has 0 unspecified atom stereocenters. The zero-order valence-electron chi connectivity index (χ0n) is 9.97. The highest BCUT2D eigenvalue weighted by atomic mass is 19.1. The first-order valence-corrected chi connectivity index (χ1v) is 5.80. The summed E-state index contributed by atoms with van der Waals surface area (Å²) in [4.78, 5) is 0. The lowest BCUT2D eigenvalue weighted by atomic mass is 10.1. The summed E-state index contributed by atoms with van der Waals surface area (Å²) >= 11 is 0. The van der Waals surface area contributed by atoms with E-state index in [9.17, 15) is 9.50 Å². The van der Waals surface area contributed by atoms with Crippen molar-refractivity contribution in [3.8, 4) is 11.5 Å². The quantitative estimate of drug-likeness (QED) is 0.775. The van der Waals surface area contributed by atoms with Crippen molar-refractivity contribution in [2.24, 2.45) is 0 Å². The van der Waals surface area contributed by atoms with Gasteiger partial charge in [0, 0.05) is 5.56 Å². The van der Waals surface area contributed by atoms with Gasteiger partial charge in [0.25, 0.3) is 0 Å². The van der Waals surface area contributed by atoms with E-state index in [1.165, 1.54) is 12.1 Å². The number of phenolic OH excluding ortho intramolecular Hbond substituents is 1. The van der Waals surface area contributed by atoms with E-state index in [0.717, 1.165) is 5.56 Å². The van der Waals surface area contributed by atoms with Crippen molar-refractivity contribution in [3.63, 3.8) is 0 Å².